The summed E-state index contributed by atoms with van der Waals surface area (Å²) in [6.45, 7) is 3.74. The maximum atomic E-state index is 10.5. The van der Waals surface area contributed by atoms with Gasteiger partial charge in [-0.2, -0.15) is 5.26 Å². The summed E-state index contributed by atoms with van der Waals surface area (Å²) in [5, 5.41) is 17.5. The zero-order valence-corrected chi connectivity index (χ0v) is 8.16. The number of carbonyl (C=O) groups is 1. The smallest absolute Gasteiger partial charge is 0.307 e. The molecule has 0 aromatic heterocycles. The number of aryl methyl sites for hydroxylation is 1. The predicted octanol–water partition coefficient (Wildman–Crippen LogP) is 1.80. The lowest BCUT2D eigenvalue weighted by atomic mass is 9.97. The highest BCUT2D eigenvalue weighted by atomic mass is 16.4. The molecule has 0 radical (unpaired) electrons. The van der Waals surface area contributed by atoms with Crippen LogP contribution in [0.4, 0.5) is 0 Å². The van der Waals surface area contributed by atoms with Crippen LogP contribution >= 0.6 is 0 Å². The van der Waals surface area contributed by atoms with Crippen LogP contribution in [0.1, 0.15) is 22.3 Å². The molecule has 0 heterocycles. The first-order valence-electron chi connectivity index (χ1n) is 4.27. The molecule has 0 fully saturated rings. The van der Waals surface area contributed by atoms with Crippen LogP contribution in [-0.4, -0.2) is 11.1 Å². The Morgan fingerprint density at radius 3 is 2.64 bits per heavy atom. The molecule has 14 heavy (non-hydrogen) atoms. The van der Waals surface area contributed by atoms with Crippen molar-refractivity contribution in [2.75, 3.05) is 0 Å². The SMILES string of the molecule is Cc1ccc(CC(=O)O)c(C#N)c1C. The normalized spacial score (nSPS) is 9.50. The fraction of sp³-hybridized carbons (Fsp3) is 0.273. The van der Waals surface area contributed by atoms with Crippen LogP contribution in [0.2, 0.25) is 0 Å². The first kappa shape index (κ1) is 10.3. The van der Waals surface area contributed by atoms with Gasteiger partial charge < -0.3 is 5.11 Å². The van der Waals surface area contributed by atoms with Crippen molar-refractivity contribution in [2.45, 2.75) is 20.3 Å². The van der Waals surface area contributed by atoms with Crippen molar-refractivity contribution in [2.24, 2.45) is 0 Å². The number of hydrogen-bond donors (Lipinski definition) is 1. The van der Waals surface area contributed by atoms with E-state index in [4.69, 9.17) is 10.4 Å². The molecule has 1 aromatic carbocycles. The first-order chi connectivity index (χ1) is 6.56. The predicted molar refractivity (Wildman–Crippen MR) is 52.0 cm³/mol. The third-order valence-corrected chi connectivity index (χ3v) is 2.28. The molecule has 0 spiro atoms. The van der Waals surface area contributed by atoms with Crippen molar-refractivity contribution in [1.29, 1.82) is 5.26 Å². The summed E-state index contributed by atoms with van der Waals surface area (Å²) in [7, 11) is 0. The van der Waals surface area contributed by atoms with Crippen LogP contribution in [-0.2, 0) is 11.2 Å². The molecule has 0 unspecified atom stereocenters. The van der Waals surface area contributed by atoms with Crippen LogP contribution in [0, 0.1) is 25.2 Å². The lowest BCUT2D eigenvalue weighted by Gasteiger charge is -2.06. The fourth-order valence-electron chi connectivity index (χ4n) is 1.34. The molecule has 1 aromatic rings. The molecule has 0 amide bonds. The molecule has 0 saturated carbocycles. The molecule has 0 atom stereocenters. The van der Waals surface area contributed by atoms with Crippen molar-refractivity contribution in [3.63, 3.8) is 0 Å². The van der Waals surface area contributed by atoms with Gasteiger partial charge in [-0.25, -0.2) is 0 Å². The van der Waals surface area contributed by atoms with Gasteiger partial charge >= 0.3 is 5.97 Å². The summed E-state index contributed by atoms with van der Waals surface area (Å²) < 4.78 is 0. The summed E-state index contributed by atoms with van der Waals surface area (Å²) in [5.41, 5.74) is 2.96. The molecule has 0 bridgehead atoms. The number of aliphatic carboxylic acids is 1. The van der Waals surface area contributed by atoms with Crippen LogP contribution in [0.3, 0.4) is 0 Å². The third-order valence-electron chi connectivity index (χ3n) is 2.28. The Morgan fingerprint density at radius 2 is 2.14 bits per heavy atom. The van der Waals surface area contributed by atoms with Gasteiger partial charge in [-0.05, 0) is 30.5 Å². The molecule has 0 aliphatic rings. The number of benzene rings is 1. The van der Waals surface area contributed by atoms with E-state index in [2.05, 4.69) is 0 Å². The third kappa shape index (κ3) is 1.91. The zero-order chi connectivity index (χ0) is 10.7. The Bertz CT molecular complexity index is 416. The number of nitriles is 1. The maximum absolute atomic E-state index is 10.5. The number of carboxylic acid groups (broad SMARTS) is 1. The van der Waals surface area contributed by atoms with E-state index in [9.17, 15) is 4.79 Å². The highest BCUT2D eigenvalue weighted by Crippen LogP contribution is 2.17. The molecule has 0 aliphatic carbocycles. The standard InChI is InChI=1S/C11H11NO2/c1-7-3-4-9(5-11(13)14)10(6-12)8(7)2/h3-4H,5H2,1-2H3,(H,13,14). The topological polar surface area (TPSA) is 61.1 Å². The van der Waals surface area contributed by atoms with Crippen LogP contribution in [0.25, 0.3) is 0 Å². The number of rotatable bonds is 2. The van der Waals surface area contributed by atoms with Crippen molar-refractivity contribution >= 4 is 5.97 Å². The van der Waals surface area contributed by atoms with E-state index in [1.807, 2.05) is 26.0 Å². The largest absolute Gasteiger partial charge is 0.481 e. The summed E-state index contributed by atoms with van der Waals surface area (Å²) in [4.78, 5) is 10.5. The summed E-state index contributed by atoms with van der Waals surface area (Å²) in [5.74, 6) is -0.912. The van der Waals surface area contributed by atoms with E-state index in [0.717, 1.165) is 11.1 Å². The minimum atomic E-state index is -0.912. The van der Waals surface area contributed by atoms with E-state index in [1.165, 1.54) is 0 Å². The van der Waals surface area contributed by atoms with Gasteiger partial charge in [-0.1, -0.05) is 12.1 Å². The molecule has 3 nitrogen and oxygen atoms in total. The van der Waals surface area contributed by atoms with Crippen LogP contribution in [0.15, 0.2) is 12.1 Å². The van der Waals surface area contributed by atoms with Gasteiger partial charge in [0.2, 0.25) is 0 Å². The van der Waals surface area contributed by atoms with Gasteiger partial charge in [-0.3, -0.25) is 4.79 Å². The Morgan fingerprint density at radius 1 is 1.50 bits per heavy atom. The lowest BCUT2D eigenvalue weighted by molar-refractivity contribution is -0.136. The second kappa shape index (κ2) is 3.93. The van der Waals surface area contributed by atoms with Crippen LogP contribution < -0.4 is 0 Å². The summed E-state index contributed by atoms with van der Waals surface area (Å²) in [6.07, 6.45) is -0.0932. The van der Waals surface area contributed by atoms with Gasteiger partial charge in [-0.15, -0.1) is 0 Å². The minimum absolute atomic E-state index is 0.0932. The van der Waals surface area contributed by atoms with E-state index in [0.29, 0.717) is 11.1 Å². The maximum Gasteiger partial charge on any atom is 0.307 e. The summed E-state index contributed by atoms with van der Waals surface area (Å²) >= 11 is 0. The Hall–Kier alpha value is -1.82. The number of hydrogen-bond acceptors (Lipinski definition) is 2. The van der Waals surface area contributed by atoms with E-state index < -0.39 is 5.97 Å². The molecular weight excluding hydrogens is 178 g/mol. The molecular formula is C11H11NO2. The molecule has 72 valence electrons. The van der Waals surface area contributed by atoms with Crippen molar-refractivity contribution in [1.82, 2.24) is 0 Å². The van der Waals surface area contributed by atoms with Gasteiger partial charge in [0.05, 0.1) is 18.1 Å². The van der Waals surface area contributed by atoms with Gasteiger partial charge in [0, 0.05) is 0 Å². The Balaban J connectivity index is 3.26. The molecule has 0 aliphatic heterocycles. The number of carboxylic acids is 1. The van der Waals surface area contributed by atoms with Gasteiger partial charge in [0.1, 0.15) is 0 Å². The Labute approximate surface area is 82.6 Å². The van der Waals surface area contributed by atoms with Crippen molar-refractivity contribution < 1.29 is 9.90 Å². The first-order valence-corrected chi connectivity index (χ1v) is 4.27. The molecule has 3 heteroatoms. The molecule has 0 saturated heterocycles. The van der Waals surface area contributed by atoms with Crippen molar-refractivity contribution in [3.05, 3.63) is 34.4 Å². The average molecular weight is 189 g/mol. The highest BCUT2D eigenvalue weighted by molar-refractivity contribution is 5.71. The number of nitrogens with zero attached hydrogens (tertiary/aromatic N) is 1. The van der Waals surface area contributed by atoms with E-state index in [1.54, 1.807) is 6.07 Å². The van der Waals surface area contributed by atoms with E-state index >= 15 is 0 Å². The quantitative estimate of drug-likeness (QED) is 0.771. The lowest BCUT2D eigenvalue weighted by Crippen LogP contribution is -2.04. The highest BCUT2D eigenvalue weighted by Gasteiger charge is 2.09. The van der Waals surface area contributed by atoms with Crippen molar-refractivity contribution in [3.8, 4) is 6.07 Å². The average Bonchev–Trinajstić information content (AvgIpc) is 2.11. The second-order valence-corrected chi connectivity index (χ2v) is 3.22. The fourth-order valence-corrected chi connectivity index (χ4v) is 1.34. The molecule has 1 rings (SSSR count). The Kier molecular flexibility index (Phi) is 2.88. The van der Waals surface area contributed by atoms with E-state index in [-0.39, 0.29) is 6.42 Å². The van der Waals surface area contributed by atoms with Gasteiger partial charge in [0.15, 0.2) is 0 Å². The second-order valence-electron chi connectivity index (χ2n) is 3.22. The monoisotopic (exact) mass is 189 g/mol. The summed E-state index contributed by atoms with van der Waals surface area (Å²) in [6, 6.07) is 5.59. The molecule has 1 N–H and O–H groups in total. The van der Waals surface area contributed by atoms with Gasteiger partial charge in [0.25, 0.3) is 0 Å². The zero-order valence-electron chi connectivity index (χ0n) is 8.16. The minimum Gasteiger partial charge on any atom is -0.481 e. The van der Waals surface area contributed by atoms with Crippen LogP contribution in [0.5, 0.6) is 0 Å².